The van der Waals surface area contributed by atoms with Crippen molar-refractivity contribution in [2.75, 3.05) is 18.5 Å². The van der Waals surface area contributed by atoms with Gasteiger partial charge in [0.25, 0.3) is 5.56 Å². The highest BCUT2D eigenvalue weighted by atomic mass is 16.5. The van der Waals surface area contributed by atoms with Crippen LogP contribution in [0.4, 0.5) is 5.69 Å². The molecule has 0 fully saturated rings. The van der Waals surface area contributed by atoms with E-state index in [4.69, 9.17) is 4.74 Å². The number of pyridine rings is 1. The fourth-order valence-corrected chi connectivity index (χ4v) is 2.46. The zero-order chi connectivity index (χ0) is 16.8. The summed E-state index contributed by atoms with van der Waals surface area (Å²) in [6.07, 6.45) is 4.03. The molecule has 0 radical (unpaired) electrons. The fourth-order valence-electron chi connectivity index (χ4n) is 2.46. The van der Waals surface area contributed by atoms with Crippen LogP contribution in [-0.2, 0) is 7.05 Å². The smallest absolute Gasteiger partial charge is 0.297 e. The molecule has 5 nitrogen and oxygen atoms in total. The predicted molar refractivity (Wildman–Crippen MR) is 94.7 cm³/mol. The monoisotopic (exact) mass is 318 g/mol. The van der Waals surface area contributed by atoms with Gasteiger partial charge in [0.05, 0.1) is 12.1 Å². The van der Waals surface area contributed by atoms with Gasteiger partial charge in [-0.3, -0.25) is 4.79 Å². The van der Waals surface area contributed by atoms with Crippen molar-refractivity contribution in [3.05, 3.63) is 28.6 Å². The maximum atomic E-state index is 12.4. The van der Waals surface area contributed by atoms with Crippen LogP contribution >= 0.6 is 0 Å². The number of aryl methyl sites for hydroxylation is 1. The first-order chi connectivity index (χ1) is 11.1. The van der Waals surface area contributed by atoms with E-state index in [1.807, 2.05) is 18.2 Å². The van der Waals surface area contributed by atoms with Crippen molar-refractivity contribution in [3.63, 3.8) is 0 Å². The molecule has 0 atom stereocenters. The number of ether oxygens (including phenoxy) is 1. The number of hydrogen-bond donors (Lipinski definition) is 2. The summed E-state index contributed by atoms with van der Waals surface area (Å²) in [6, 6.07) is 5.63. The summed E-state index contributed by atoms with van der Waals surface area (Å²) in [5.74, 6) is -0.0283. The number of aromatic nitrogens is 1. The van der Waals surface area contributed by atoms with Crippen LogP contribution < -0.4 is 15.6 Å². The number of anilines is 1. The van der Waals surface area contributed by atoms with E-state index in [0.29, 0.717) is 17.5 Å². The summed E-state index contributed by atoms with van der Waals surface area (Å²) in [6.45, 7) is 5.51. The summed E-state index contributed by atoms with van der Waals surface area (Å²) in [7, 11) is 1.70. The molecule has 0 unspecified atom stereocenters. The van der Waals surface area contributed by atoms with Crippen LogP contribution in [0.15, 0.2) is 23.0 Å². The number of benzene rings is 1. The fraction of sp³-hybridized carbons (Fsp3) is 0.500. The Labute approximate surface area is 136 Å². The lowest BCUT2D eigenvalue weighted by Gasteiger charge is -2.14. The Bertz CT molecular complexity index is 722. The van der Waals surface area contributed by atoms with Crippen molar-refractivity contribution in [1.29, 1.82) is 0 Å². The van der Waals surface area contributed by atoms with Gasteiger partial charge < -0.3 is 19.7 Å². The third-order valence-corrected chi connectivity index (χ3v) is 3.93. The van der Waals surface area contributed by atoms with Gasteiger partial charge in [-0.15, -0.1) is 0 Å². The van der Waals surface area contributed by atoms with Gasteiger partial charge in [0.2, 0.25) is 5.75 Å². The lowest BCUT2D eigenvalue weighted by Crippen LogP contribution is -2.20. The standard InChI is InChI=1S/C18H26N2O3/c1-4-6-10-19-13-8-9-14-15(12-13)20(3)18(22)17(16(14)21)23-11-7-5-2/h8-9,12,19,21H,4-7,10-11H2,1-3H3. The Balaban J connectivity index is 2.39. The Morgan fingerprint density at radius 2 is 1.96 bits per heavy atom. The molecule has 0 saturated carbocycles. The second kappa shape index (κ2) is 7.90. The Morgan fingerprint density at radius 1 is 1.22 bits per heavy atom. The maximum Gasteiger partial charge on any atom is 0.297 e. The first-order valence-electron chi connectivity index (χ1n) is 8.32. The van der Waals surface area contributed by atoms with Crippen molar-refractivity contribution in [3.8, 4) is 11.5 Å². The van der Waals surface area contributed by atoms with E-state index >= 15 is 0 Å². The van der Waals surface area contributed by atoms with E-state index in [-0.39, 0.29) is 17.1 Å². The van der Waals surface area contributed by atoms with Gasteiger partial charge in [-0.25, -0.2) is 0 Å². The maximum absolute atomic E-state index is 12.4. The summed E-state index contributed by atoms with van der Waals surface area (Å²) < 4.78 is 7.04. The predicted octanol–water partition coefficient (Wildman–Crippen LogP) is 3.64. The third-order valence-electron chi connectivity index (χ3n) is 3.93. The first kappa shape index (κ1) is 17.2. The quantitative estimate of drug-likeness (QED) is 0.730. The second-order valence-electron chi connectivity index (χ2n) is 5.76. The summed E-state index contributed by atoms with van der Waals surface area (Å²) in [4.78, 5) is 12.4. The van der Waals surface area contributed by atoms with Crippen molar-refractivity contribution >= 4 is 16.6 Å². The van der Waals surface area contributed by atoms with Crippen molar-refractivity contribution < 1.29 is 9.84 Å². The zero-order valence-electron chi connectivity index (χ0n) is 14.2. The lowest BCUT2D eigenvalue weighted by atomic mass is 10.1. The van der Waals surface area contributed by atoms with E-state index in [1.165, 1.54) is 4.57 Å². The average Bonchev–Trinajstić information content (AvgIpc) is 2.56. The van der Waals surface area contributed by atoms with Crippen LogP contribution in [0, 0.1) is 0 Å². The number of hydrogen-bond acceptors (Lipinski definition) is 4. The number of nitrogens with zero attached hydrogens (tertiary/aromatic N) is 1. The minimum atomic E-state index is -0.309. The van der Waals surface area contributed by atoms with E-state index in [1.54, 1.807) is 7.05 Å². The number of unbranched alkanes of at least 4 members (excludes halogenated alkanes) is 2. The minimum Gasteiger partial charge on any atom is -0.504 e. The van der Waals surface area contributed by atoms with Crippen molar-refractivity contribution in [1.82, 2.24) is 4.57 Å². The zero-order valence-corrected chi connectivity index (χ0v) is 14.2. The van der Waals surface area contributed by atoms with Crippen LogP contribution in [0.25, 0.3) is 10.9 Å². The third kappa shape index (κ3) is 3.78. The van der Waals surface area contributed by atoms with Crippen LogP contribution in [0.2, 0.25) is 0 Å². The minimum absolute atomic E-state index is 0.0418. The highest BCUT2D eigenvalue weighted by molar-refractivity contribution is 5.89. The van der Waals surface area contributed by atoms with Crippen molar-refractivity contribution in [2.24, 2.45) is 7.05 Å². The summed E-state index contributed by atoms with van der Waals surface area (Å²) >= 11 is 0. The van der Waals surface area contributed by atoms with Crippen LogP contribution in [0.5, 0.6) is 11.5 Å². The van der Waals surface area contributed by atoms with E-state index < -0.39 is 0 Å². The molecule has 0 aliphatic rings. The van der Waals surface area contributed by atoms with Gasteiger partial charge in [0.15, 0.2) is 5.75 Å². The molecule has 1 aromatic heterocycles. The molecule has 0 saturated heterocycles. The SMILES string of the molecule is CCCCNc1ccc2c(O)c(OCCCC)c(=O)n(C)c2c1. The Kier molecular flexibility index (Phi) is 5.90. The average molecular weight is 318 g/mol. The van der Waals surface area contributed by atoms with E-state index in [0.717, 1.165) is 37.9 Å². The molecule has 2 N–H and O–H groups in total. The molecule has 1 aromatic carbocycles. The van der Waals surface area contributed by atoms with E-state index in [9.17, 15) is 9.90 Å². The van der Waals surface area contributed by atoms with Crippen molar-refractivity contribution in [2.45, 2.75) is 39.5 Å². The Hall–Kier alpha value is -2.17. The molecular formula is C18H26N2O3. The molecule has 0 spiro atoms. The second-order valence-corrected chi connectivity index (χ2v) is 5.76. The topological polar surface area (TPSA) is 63.5 Å². The molecular weight excluding hydrogens is 292 g/mol. The van der Waals surface area contributed by atoms with Gasteiger partial charge in [0.1, 0.15) is 0 Å². The molecule has 2 rings (SSSR count). The number of nitrogens with one attached hydrogen (secondary N) is 1. The molecule has 0 amide bonds. The molecule has 5 heteroatoms. The van der Waals surface area contributed by atoms with Gasteiger partial charge in [-0.2, -0.15) is 0 Å². The highest BCUT2D eigenvalue weighted by Gasteiger charge is 2.16. The summed E-state index contributed by atoms with van der Waals surface area (Å²) in [5.41, 5.74) is 1.33. The summed E-state index contributed by atoms with van der Waals surface area (Å²) in [5, 5.41) is 14.4. The molecule has 0 bridgehead atoms. The molecule has 23 heavy (non-hydrogen) atoms. The van der Waals surface area contributed by atoms with Crippen LogP contribution in [0.1, 0.15) is 39.5 Å². The lowest BCUT2D eigenvalue weighted by molar-refractivity contribution is 0.288. The van der Waals surface area contributed by atoms with E-state index in [2.05, 4.69) is 19.2 Å². The first-order valence-corrected chi connectivity index (χ1v) is 8.32. The van der Waals surface area contributed by atoms with Gasteiger partial charge in [-0.1, -0.05) is 26.7 Å². The number of aromatic hydroxyl groups is 1. The number of fused-ring (bicyclic) bond motifs is 1. The largest absolute Gasteiger partial charge is 0.504 e. The van der Waals surface area contributed by atoms with Gasteiger partial charge in [-0.05, 0) is 31.0 Å². The van der Waals surface area contributed by atoms with Gasteiger partial charge in [0, 0.05) is 24.7 Å². The molecule has 126 valence electrons. The van der Waals surface area contributed by atoms with Crippen LogP contribution in [0.3, 0.4) is 0 Å². The molecule has 1 heterocycles. The molecule has 0 aliphatic heterocycles. The molecule has 2 aromatic rings. The highest BCUT2D eigenvalue weighted by Crippen LogP contribution is 2.32. The normalized spacial score (nSPS) is 10.9. The van der Waals surface area contributed by atoms with Gasteiger partial charge >= 0.3 is 0 Å². The number of rotatable bonds is 8. The van der Waals surface area contributed by atoms with Crippen LogP contribution in [-0.4, -0.2) is 22.8 Å². The Morgan fingerprint density at radius 3 is 2.65 bits per heavy atom. The molecule has 0 aliphatic carbocycles.